The van der Waals surface area contributed by atoms with Crippen molar-refractivity contribution in [3.05, 3.63) is 17.2 Å². The van der Waals surface area contributed by atoms with Crippen LogP contribution >= 0.6 is 0 Å². The van der Waals surface area contributed by atoms with Gasteiger partial charge >= 0.3 is 0 Å². The summed E-state index contributed by atoms with van der Waals surface area (Å²) >= 11 is 0. The molecule has 0 unspecified atom stereocenters. The van der Waals surface area contributed by atoms with E-state index >= 15 is 0 Å². The van der Waals surface area contributed by atoms with Crippen molar-refractivity contribution in [3.63, 3.8) is 0 Å². The van der Waals surface area contributed by atoms with Crippen LogP contribution in [0.5, 0.6) is 0 Å². The highest BCUT2D eigenvalue weighted by Gasteiger charge is 2.64. The van der Waals surface area contributed by atoms with Crippen LogP contribution in [0.2, 0.25) is 0 Å². The van der Waals surface area contributed by atoms with Crippen LogP contribution in [-0.4, -0.2) is 46.6 Å². The lowest BCUT2D eigenvalue weighted by Gasteiger charge is -2.30. The molecule has 7 nitrogen and oxygen atoms in total. The first-order valence-corrected chi connectivity index (χ1v) is 5.21. The summed E-state index contributed by atoms with van der Waals surface area (Å²) in [5, 5.41) is 21.7. The lowest BCUT2D eigenvalue weighted by molar-refractivity contribution is -0.230. The van der Waals surface area contributed by atoms with E-state index < -0.39 is 42.2 Å². The fraction of sp³-hybridized carbons (Fsp3) is 0.800. The van der Waals surface area contributed by atoms with Gasteiger partial charge < -0.3 is 24.4 Å². The molecule has 0 radical (unpaired) electrons. The zero-order valence-electron chi connectivity index (χ0n) is 9.62. The van der Waals surface area contributed by atoms with Crippen LogP contribution in [0.25, 0.3) is 0 Å². The molecule has 0 aromatic carbocycles. The molecule has 0 saturated carbocycles. The smallest absolute Gasteiger partial charge is 0.191 e. The fourth-order valence-electron chi connectivity index (χ4n) is 2.21. The molecular weight excluding hydrogens is 230 g/mol. The predicted molar refractivity (Wildman–Crippen MR) is 56.1 cm³/mol. The van der Waals surface area contributed by atoms with E-state index in [0.29, 0.717) is 0 Å². The molecule has 2 aliphatic heterocycles. The maximum absolute atomic E-state index is 10.9. The van der Waals surface area contributed by atoms with Gasteiger partial charge in [0.25, 0.3) is 0 Å². The Kier molecular flexibility index (Phi) is 2.74. The summed E-state index contributed by atoms with van der Waals surface area (Å²) in [6, 6.07) is -1.10. The van der Waals surface area contributed by atoms with Crippen LogP contribution in [0.15, 0.2) is 17.5 Å². The zero-order valence-corrected chi connectivity index (χ0v) is 9.62. The average Bonchev–Trinajstić information content (AvgIpc) is 2.66. The third-order valence-electron chi connectivity index (χ3n) is 3.04. The summed E-state index contributed by atoms with van der Waals surface area (Å²) in [4.78, 5) is 10.9. The van der Waals surface area contributed by atoms with E-state index in [1.54, 1.807) is 13.8 Å². The normalized spacial score (nSPS) is 43.4. The van der Waals surface area contributed by atoms with Crippen molar-refractivity contribution in [2.45, 2.75) is 43.7 Å². The molecule has 0 bridgehead atoms. The number of rotatable bonds is 3. The Morgan fingerprint density at radius 3 is 2.53 bits per heavy atom. The monoisotopic (exact) mass is 245 g/mol. The van der Waals surface area contributed by atoms with Crippen LogP contribution < -0.4 is 0 Å². The Morgan fingerprint density at radius 1 is 1.41 bits per heavy atom. The summed E-state index contributed by atoms with van der Waals surface area (Å²) in [6.45, 7) is 6.02. The van der Waals surface area contributed by atoms with Crippen molar-refractivity contribution >= 4 is 0 Å². The molecule has 0 aliphatic carbocycles. The number of ether oxygens (including phenoxy) is 3. The molecule has 0 amide bonds. The Morgan fingerprint density at radius 2 is 2.06 bits per heavy atom. The second-order valence-corrected chi connectivity index (χ2v) is 4.63. The van der Waals surface area contributed by atoms with E-state index in [0.717, 1.165) is 0 Å². The minimum absolute atomic E-state index is 0.469. The highest BCUT2D eigenvalue weighted by atomic mass is 16.8. The Bertz CT molecular complexity index is 357. The molecule has 17 heavy (non-hydrogen) atoms. The summed E-state index contributed by atoms with van der Waals surface area (Å²) in [5.74, 6) is -1.36. The average molecular weight is 245 g/mol. The molecular formula is C10H15NO6. The summed E-state index contributed by atoms with van der Waals surface area (Å²) in [6.07, 6.45) is -1.62. The Labute approximate surface area is 97.9 Å². The molecule has 2 rings (SSSR count). The van der Waals surface area contributed by atoms with Crippen molar-refractivity contribution in [3.8, 4) is 0 Å². The quantitative estimate of drug-likeness (QED) is 0.552. The molecule has 2 heterocycles. The van der Waals surface area contributed by atoms with Gasteiger partial charge in [0.1, 0.15) is 11.9 Å². The van der Waals surface area contributed by atoms with E-state index in [9.17, 15) is 15.1 Å². The summed E-state index contributed by atoms with van der Waals surface area (Å²) in [7, 11) is 0. The van der Waals surface area contributed by atoms with Gasteiger partial charge in [-0.3, -0.25) is 0 Å². The summed E-state index contributed by atoms with van der Waals surface area (Å²) in [5.41, 5.74) is -1.65. The van der Waals surface area contributed by atoms with Crippen LogP contribution in [-0.2, 0) is 14.2 Å². The first kappa shape index (κ1) is 12.4. The van der Waals surface area contributed by atoms with Gasteiger partial charge in [-0.05, 0) is 13.8 Å². The van der Waals surface area contributed by atoms with E-state index in [4.69, 9.17) is 14.2 Å². The molecule has 4 atom stereocenters. The van der Waals surface area contributed by atoms with Crippen molar-refractivity contribution in [1.29, 1.82) is 0 Å². The van der Waals surface area contributed by atoms with Gasteiger partial charge in [0, 0.05) is 0 Å². The van der Waals surface area contributed by atoms with Crippen molar-refractivity contribution < 1.29 is 24.4 Å². The minimum Gasteiger partial charge on any atom is -0.510 e. The maximum Gasteiger partial charge on any atom is 0.191 e. The number of nitroso groups, excluding NO2 is 1. The van der Waals surface area contributed by atoms with Gasteiger partial charge in [-0.1, -0.05) is 11.8 Å². The highest BCUT2D eigenvalue weighted by Crippen LogP contribution is 2.45. The number of hydrogen-bond donors (Lipinski definition) is 2. The SMILES string of the molecule is C=C(O)[C@@]1(CO)O[C@@H]2OC(C)(C)O[C@@H]2[C@H]1N=O. The van der Waals surface area contributed by atoms with E-state index in [2.05, 4.69) is 11.8 Å². The lowest BCUT2D eigenvalue weighted by atomic mass is 9.92. The van der Waals surface area contributed by atoms with Gasteiger partial charge in [-0.25, -0.2) is 0 Å². The Hall–Kier alpha value is -1.02. The van der Waals surface area contributed by atoms with Gasteiger partial charge in [0.05, 0.1) is 6.61 Å². The first-order chi connectivity index (χ1) is 7.86. The van der Waals surface area contributed by atoms with E-state index in [1.165, 1.54) is 0 Å². The minimum atomic E-state index is -1.65. The molecule has 2 aliphatic rings. The number of nitrogens with zero attached hydrogens (tertiary/aromatic N) is 1. The van der Waals surface area contributed by atoms with Gasteiger partial charge in [-0.2, -0.15) is 4.91 Å². The van der Waals surface area contributed by atoms with E-state index in [-0.39, 0.29) is 0 Å². The lowest BCUT2D eigenvalue weighted by Crippen LogP contribution is -2.48. The third-order valence-corrected chi connectivity index (χ3v) is 3.04. The molecule has 0 spiro atoms. The van der Waals surface area contributed by atoms with Gasteiger partial charge in [-0.15, -0.1) is 0 Å². The first-order valence-electron chi connectivity index (χ1n) is 5.21. The van der Waals surface area contributed by atoms with Crippen LogP contribution in [0.4, 0.5) is 0 Å². The largest absolute Gasteiger partial charge is 0.510 e. The van der Waals surface area contributed by atoms with Crippen molar-refractivity contribution in [2.75, 3.05) is 6.61 Å². The number of hydrogen-bond acceptors (Lipinski definition) is 7. The molecule has 7 heteroatoms. The second kappa shape index (κ2) is 3.74. The maximum atomic E-state index is 10.9. The Balaban J connectivity index is 2.32. The zero-order chi connectivity index (χ0) is 12.8. The van der Waals surface area contributed by atoms with Crippen LogP contribution in [0.1, 0.15) is 13.8 Å². The van der Waals surface area contributed by atoms with Gasteiger partial charge in [0.2, 0.25) is 0 Å². The molecule has 0 aromatic heterocycles. The van der Waals surface area contributed by atoms with Crippen molar-refractivity contribution in [2.24, 2.45) is 5.18 Å². The summed E-state index contributed by atoms with van der Waals surface area (Å²) < 4.78 is 16.3. The predicted octanol–water partition coefficient (Wildman–Crippen LogP) is 0.432. The standard InChI is InChI=1S/C10H15NO6/c1-5(13)10(4-12)7(11-14)6-8(17-10)16-9(2,3)15-6/h6-8,12-13H,1,4H2,2-3H3/t6-,7-,8+,10-/m1/s1. The molecule has 2 saturated heterocycles. The third kappa shape index (κ3) is 1.66. The van der Waals surface area contributed by atoms with Gasteiger partial charge in [0.15, 0.2) is 23.7 Å². The second-order valence-electron chi connectivity index (χ2n) is 4.63. The van der Waals surface area contributed by atoms with Crippen LogP contribution in [0, 0.1) is 4.91 Å². The molecule has 0 aromatic rings. The fourth-order valence-corrected chi connectivity index (χ4v) is 2.21. The number of aliphatic hydroxyl groups is 2. The topological polar surface area (TPSA) is 97.6 Å². The van der Waals surface area contributed by atoms with Crippen molar-refractivity contribution in [1.82, 2.24) is 0 Å². The molecule has 2 N–H and O–H groups in total. The highest BCUT2D eigenvalue weighted by molar-refractivity contribution is 5.19. The van der Waals surface area contributed by atoms with E-state index in [1.807, 2.05) is 0 Å². The molecule has 2 fully saturated rings. The number of fused-ring (bicyclic) bond motifs is 1. The molecule has 96 valence electrons. The number of aliphatic hydroxyl groups excluding tert-OH is 2. The van der Waals surface area contributed by atoms with Crippen LogP contribution in [0.3, 0.4) is 0 Å².